The zero-order valence-electron chi connectivity index (χ0n) is 21.3. The number of benzene rings is 2. The van der Waals surface area contributed by atoms with E-state index in [0.29, 0.717) is 41.5 Å². The lowest BCUT2D eigenvalue weighted by Crippen LogP contribution is -2.38. The number of ether oxygens (including phenoxy) is 3. The maximum atomic E-state index is 13.3. The van der Waals surface area contributed by atoms with E-state index in [2.05, 4.69) is 4.90 Å². The Kier molecular flexibility index (Phi) is 8.40. The van der Waals surface area contributed by atoms with Crippen LogP contribution < -0.4 is 14.2 Å². The molecule has 1 aliphatic rings. The Labute approximate surface area is 206 Å². The third-order valence-electron chi connectivity index (χ3n) is 6.42. The number of likely N-dealkylation sites (N-methyl/N-ethyl adjacent to an activating group) is 1. The third kappa shape index (κ3) is 5.12. The van der Waals surface area contributed by atoms with Crippen molar-refractivity contribution in [2.24, 2.45) is 0 Å². The quantitative estimate of drug-likeness (QED) is 0.313. The van der Waals surface area contributed by atoms with Crippen LogP contribution in [0.3, 0.4) is 0 Å². The van der Waals surface area contributed by atoms with Crippen molar-refractivity contribution >= 4 is 17.4 Å². The van der Waals surface area contributed by atoms with Gasteiger partial charge in [0, 0.05) is 18.7 Å². The number of Topliss-reactive ketones (excluding diaryl/α,β-unsaturated/α-hetero) is 1. The fraction of sp³-hybridized carbons (Fsp3) is 0.407. The van der Waals surface area contributed by atoms with E-state index in [0.717, 1.165) is 18.7 Å². The summed E-state index contributed by atoms with van der Waals surface area (Å²) >= 11 is 0. The fourth-order valence-corrected chi connectivity index (χ4v) is 4.37. The number of aliphatic hydroxyl groups excluding tert-OH is 1. The number of methoxy groups -OCH3 is 3. The summed E-state index contributed by atoms with van der Waals surface area (Å²) in [6.45, 7) is 8.57. The fourth-order valence-electron chi connectivity index (χ4n) is 4.37. The lowest BCUT2D eigenvalue weighted by molar-refractivity contribution is -0.140. The van der Waals surface area contributed by atoms with Crippen LogP contribution in [0.1, 0.15) is 36.6 Å². The van der Waals surface area contributed by atoms with E-state index in [-0.39, 0.29) is 11.3 Å². The molecule has 1 fully saturated rings. The molecule has 1 atom stereocenters. The summed E-state index contributed by atoms with van der Waals surface area (Å²) in [5.41, 5.74) is 2.09. The Bertz CT molecular complexity index is 1080. The van der Waals surface area contributed by atoms with E-state index >= 15 is 0 Å². The largest absolute Gasteiger partial charge is 0.507 e. The predicted molar refractivity (Wildman–Crippen MR) is 134 cm³/mol. The summed E-state index contributed by atoms with van der Waals surface area (Å²) < 4.78 is 16.5. The summed E-state index contributed by atoms with van der Waals surface area (Å²) in [7, 11) is 4.52. The first kappa shape index (κ1) is 26.1. The Balaban J connectivity index is 2.21. The van der Waals surface area contributed by atoms with Crippen LogP contribution in [-0.2, 0) is 9.59 Å². The molecule has 2 aromatic carbocycles. The molecular weight excluding hydrogens is 448 g/mol. The van der Waals surface area contributed by atoms with Gasteiger partial charge in [0.2, 0.25) is 5.75 Å². The molecule has 1 aliphatic heterocycles. The van der Waals surface area contributed by atoms with Crippen LogP contribution in [0.4, 0.5) is 0 Å². The number of hydrogen-bond acceptors (Lipinski definition) is 7. The first-order valence-electron chi connectivity index (χ1n) is 11.7. The molecule has 8 heteroatoms. The highest BCUT2D eigenvalue weighted by molar-refractivity contribution is 6.46. The number of amides is 1. The first-order valence-corrected chi connectivity index (χ1v) is 11.7. The Morgan fingerprint density at radius 2 is 1.54 bits per heavy atom. The van der Waals surface area contributed by atoms with Gasteiger partial charge in [-0.15, -0.1) is 0 Å². The standard InChI is InChI=1S/C27H34N2O6/c1-7-28(8-2)13-14-29-23(19-15-20(33-4)26(35-6)21(16-19)34-5)22(25(31)27(29)32)24(30)18-11-9-17(3)10-12-18/h9-12,15-16,23,30H,7-8,13-14H2,1-6H3/b24-22-. The second-order valence-electron chi connectivity index (χ2n) is 8.34. The van der Waals surface area contributed by atoms with Gasteiger partial charge in [-0.1, -0.05) is 43.7 Å². The molecule has 1 amide bonds. The second kappa shape index (κ2) is 11.3. The van der Waals surface area contributed by atoms with Gasteiger partial charge in [-0.3, -0.25) is 9.59 Å². The van der Waals surface area contributed by atoms with Crippen LogP contribution in [0.2, 0.25) is 0 Å². The minimum atomic E-state index is -0.819. The van der Waals surface area contributed by atoms with E-state index in [1.807, 2.05) is 32.9 Å². The maximum Gasteiger partial charge on any atom is 0.295 e. The molecule has 0 aromatic heterocycles. The minimum Gasteiger partial charge on any atom is -0.507 e. The van der Waals surface area contributed by atoms with Crippen LogP contribution in [0.5, 0.6) is 17.2 Å². The van der Waals surface area contributed by atoms with Gasteiger partial charge in [-0.25, -0.2) is 0 Å². The van der Waals surface area contributed by atoms with E-state index in [4.69, 9.17) is 14.2 Å². The van der Waals surface area contributed by atoms with Crippen molar-refractivity contribution in [3.8, 4) is 17.2 Å². The normalized spacial score (nSPS) is 17.2. The zero-order valence-corrected chi connectivity index (χ0v) is 21.3. The number of likely N-dealkylation sites (tertiary alicyclic amines) is 1. The predicted octanol–water partition coefficient (Wildman–Crippen LogP) is 3.78. The first-order chi connectivity index (χ1) is 16.8. The molecular formula is C27H34N2O6. The molecule has 0 spiro atoms. The Morgan fingerprint density at radius 1 is 0.971 bits per heavy atom. The topological polar surface area (TPSA) is 88.5 Å². The van der Waals surface area contributed by atoms with Crippen molar-refractivity contribution in [1.29, 1.82) is 0 Å². The molecule has 1 N–H and O–H groups in total. The highest BCUT2D eigenvalue weighted by Gasteiger charge is 2.46. The summed E-state index contributed by atoms with van der Waals surface area (Å²) in [5.74, 6) is -0.395. The van der Waals surface area contributed by atoms with Gasteiger partial charge in [0.1, 0.15) is 5.76 Å². The monoisotopic (exact) mass is 482 g/mol. The zero-order chi connectivity index (χ0) is 25.7. The molecule has 3 rings (SSSR count). The number of hydrogen-bond donors (Lipinski definition) is 1. The molecule has 35 heavy (non-hydrogen) atoms. The van der Waals surface area contributed by atoms with Gasteiger partial charge in [-0.2, -0.15) is 0 Å². The van der Waals surface area contributed by atoms with Gasteiger partial charge >= 0.3 is 0 Å². The highest BCUT2D eigenvalue weighted by atomic mass is 16.5. The number of ketones is 1. The molecule has 1 heterocycles. The van der Waals surface area contributed by atoms with Crippen molar-refractivity contribution < 1.29 is 28.9 Å². The lowest BCUT2D eigenvalue weighted by atomic mass is 9.94. The Morgan fingerprint density at radius 3 is 2.03 bits per heavy atom. The van der Waals surface area contributed by atoms with Crippen LogP contribution in [0.25, 0.3) is 5.76 Å². The summed E-state index contributed by atoms with van der Waals surface area (Å²) in [4.78, 5) is 30.2. The van der Waals surface area contributed by atoms with Gasteiger partial charge < -0.3 is 29.1 Å². The molecule has 0 aliphatic carbocycles. The molecule has 0 radical (unpaired) electrons. The van der Waals surface area contributed by atoms with Crippen LogP contribution in [-0.4, -0.2) is 74.1 Å². The third-order valence-corrected chi connectivity index (χ3v) is 6.42. The maximum absolute atomic E-state index is 13.3. The molecule has 188 valence electrons. The van der Waals surface area contributed by atoms with E-state index in [9.17, 15) is 14.7 Å². The number of rotatable bonds is 10. The van der Waals surface area contributed by atoms with Gasteiger partial charge in [-0.05, 0) is 37.7 Å². The summed E-state index contributed by atoms with van der Waals surface area (Å²) in [5, 5.41) is 11.3. The smallest absolute Gasteiger partial charge is 0.295 e. The van der Waals surface area contributed by atoms with Crippen molar-refractivity contribution in [1.82, 2.24) is 9.80 Å². The van der Waals surface area contributed by atoms with Gasteiger partial charge in [0.25, 0.3) is 11.7 Å². The number of aliphatic hydroxyl groups is 1. The van der Waals surface area contributed by atoms with Gasteiger partial charge in [0.05, 0.1) is 32.9 Å². The van der Waals surface area contributed by atoms with Crippen LogP contribution in [0.15, 0.2) is 42.0 Å². The highest BCUT2D eigenvalue weighted by Crippen LogP contribution is 2.45. The average Bonchev–Trinajstić information content (AvgIpc) is 3.13. The minimum absolute atomic E-state index is 0.0349. The number of carbonyl (C=O) groups is 2. The average molecular weight is 483 g/mol. The van der Waals surface area contributed by atoms with Crippen molar-refractivity contribution in [2.75, 3.05) is 47.5 Å². The molecule has 2 aromatic rings. The summed E-state index contributed by atoms with van der Waals surface area (Å²) in [6, 6.07) is 9.77. The Hall–Kier alpha value is -3.52. The van der Waals surface area contributed by atoms with Gasteiger partial charge in [0.15, 0.2) is 11.5 Å². The van der Waals surface area contributed by atoms with Crippen molar-refractivity contribution in [3.05, 3.63) is 58.7 Å². The molecule has 8 nitrogen and oxygen atoms in total. The molecule has 1 saturated heterocycles. The van der Waals surface area contributed by atoms with Crippen molar-refractivity contribution in [3.63, 3.8) is 0 Å². The summed E-state index contributed by atoms with van der Waals surface area (Å²) in [6.07, 6.45) is 0. The SMILES string of the molecule is CCN(CC)CCN1C(=O)C(=O)/C(=C(\O)c2ccc(C)cc2)C1c1cc(OC)c(OC)c(OC)c1. The molecule has 1 unspecified atom stereocenters. The van der Waals surface area contributed by atoms with Crippen LogP contribution in [0, 0.1) is 6.92 Å². The number of nitrogens with zero attached hydrogens (tertiary/aromatic N) is 2. The van der Waals surface area contributed by atoms with Crippen molar-refractivity contribution in [2.45, 2.75) is 26.8 Å². The van der Waals surface area contributed by atoms with E-state index < -0.39 is 17.7 Å². The van der Waals surface area contributed by atoms with Crippen LogP contribution >= 0.6 is 0 Å². The number of aryl methyl sites for hydroxylation is 1. The molecule has 0 bridgehead atoms. The lowest BCUT2D eigenvalue weighted by Gasteiger charge is -2.29. The second-order valence-corrected chi connectivity index (χ2v) is 8.34. The number of carbonyl (C=O) groups excluding carboxylic acids is 2. The van der Waals surface area contributed by atoms with E-state index in [1.165, 1.54) is 26.2 Å². The van der Waals surface area contributed by atoms with E-state index in [1.54, 1.807) is 24.3 Å². The molecule has 0 saturated carbocycles.